The van der Waals surface area contributed by atoms with E-state index in [1.807, 2.05) is 50.8 Å². The first-order valence-electron chi connectivity index (χ1n) is 12.4. The number of aromatic nitrogens is 3. The quantitative estimate of drug-likeness (QED) is 0.567. The minimum absolute atomic E-state index is 0.157. The average Bonchev–Trinajstić information content (AvgIpc) is 3.20. The van der Waals surface area contributed by atoms with Gasteiger partial charge in [0.05, 0.1) is 11.7 Å². The molecule has 0 saturated heterocycles. The van der Waals surface area contributed by atoms with E-state index in [-0.39, 0.29) is 18.0 Å². The number of carbonyl (C=O) groups excluding carboxylic acids is 1. The maximum absolute atomic E-state index is 13.4. The number of hydrogen-bond acceptors (Lipinski definition) is 5. The molecule has 0 bridgehead atoms. The monoisotopic (exact) mass is 478 g/mol. The van der Waals surface area contributed by atoms with Gasteiger partial charge in [-0.2, -0.15) is 5.10 Å². The van der Waals surface area contributed by atoms with Crippen LogP contribution in [-0.4, -0.2) is 58.8 Å². The van der Waals surface area contributed by atoms with E-state index in [0.29, 0.717) is 23.2 Å². The summed E-state index contributed by atoms with van der Waals surface area (Å²) in [5, 5.41) is 8.56. The standard InChI is InChI=1S/C27H38N6O2/c1-16-12-17(2)30-27(35)22(16)14-28-26(34)21-13-24(23-15-29-33(7)25(23)18(21)3)32(6)20-10-8-19(9-11-20)31(4)5/h12-13,15,19-20H,8-11,14H2,1-7H3,(H,28,34)(H,30,35). The molecule has 2 heterocycles. The Morgan fingerprint density at radius 1 is 1.11 bits per heavy atom. The fraction of sp³-hybridized carbons (Fsp3) is 0.519. The van der Waals surface area contributed by atoms with Gasteiger partial charge in [0.1, 0.15) is 0 Å². The average molecular weight is 479 g/mol. The van der Waals surface area contributed by atoms with Crippen LogP contribution in [0.1, 0.15) is 58.4 Å². The van der Waals surface area contributed by atoms with E-state index < -0.39 is 0 Å². The molecular weight excluding hydrogens is 440 g/mol. The predicted octanol–water partition coefficient (Wildman–Crippen LogP) is 3.43. The molecule has 1 aliphatic carbocycles. The van der Waals surface area contributed by atoms with E-state index in [1.165, 1.54) is 12.8 Å². The summed E-state index contributed by atoms with van der Waals surface area (Å²) in [5.74, 6) is -0.184. The van der Waals surface area contributed by atoms with Crippen LogP contribution in [-0.2, 0) is 13.6 Å². The third-order valence-electron chi connectivity index (χ3n) is 7.74. The fourth-order valence-corrected chi connectivity index (χ4v) is 5.57. The number of hydrogen-bond donors (Lipinski definition) is 2. The van der Waals surface area contributed by atoms with Gasteiger partial charge in [-0.1, -0.05) is 0 Å². The first-order chi connectivity index (χ1) is 16.6. The maximum atomic E-state index is 13.4. The van der Waals surface area contributed by atoms with Crippen molar-refractivity contribution in [3.8, 4) is 0 Å². The summed E-state index contributed by atoms with van der Waals surface area (Å²) in [7, 11) is 8.36. The van der Waals surface area contributed by atoms with Crippen molar-refractivity contribution in [2.75, 3.05) is 26.0 Å². The number of aryl methyl sites for hydroxylation is 4. The van der Waals surface area contributed by atoms with Crippen LogP contribution in [0.15, 0.2) is 23.1 Å². The zero-order valence-electron chi connectivity index (χ0n) is 22.0. The van der Waals surface area contributed by atoms with Gasteiger partial charge in [-0.05, 0) is 83.8 Å². The molecule has 1 amide bonds. The highest BCUT2D eigenvalue weighted by Crippen LogP contribution is 2.35. The van der Waals surface area contributed by atoms with Gasteiger partial charge in [0, 0.05) is 60.6 Å². The summed E-state index contributed by atoms with van der Waals surface area (Å²) < 4.78 is 1.84. The minimum atomic E-state index is -0.184. The minimum Gasteiger partial charge on any atom is -0.371 e. The molecule has 1 fully saturated rings. The SMILES string of the molecule is Cc1cc(C)c(CNC(=O)c2cc(N(C)C3CCC(N(C)C)CC3)c3cnn(C)c3c2C)c(=O)[nH]1. The number of H-pyrrole nitrogens is 1. The Kier molecular flexibility index (Phi) is 7.03. The lowest BCUT2D eigenvalue weighted by Gasteiger charge is -2.38. The fourth-order valence-electron chi connectivity index (χ4n) is 5.57. The zero-order chi connectivity index (χ0) is 25.4. The Hall–Kier alpha value is -3.13. The largest absolute Gasteiger partial charge is 0.371 e. The smallest absolute Gasteiger partial charge is 0.253 e. The second kappa shape index (κ2) is 9.85. The van der Waals surface area contributed by atoms with Crippen LogP contribution >= 0.6 is 0 Å². The maximum Gasteiger partial charge on any atom is 0.253 e. The Balaban J connectivity index is 1.64. The Morgan fingerprint density at radius 3 is 2.40 bits per heavy atom. The lowest BCUT2D eigenvalue weighted by molar-refractivity contribution is 0.0950. The third-order valence-corrected chi connectivity index (χ3v) is 7.74. The first-order valence-corrected chi connectivity index (χ1v) is 12.4. The number of benzene rings is 1. The molecule has 0 radical (unpaired) electrons. The molecule has 0 aliphatic heterocycles. The second-order valence-corrected chi connectivity index (χ2v) is 10.3. The molecule has 188 valence electrons. The third kappa shape index (κ3) is 4.85. The van der Waals surface area contributed by atoms with Crippen LogP contribution < -0.4 is 15.8 Å². The van der Waals surface area contributed by atoms with Crippen LogP contribution in [0.3, 0.4) is 0 Å². The van der Waals surface area contributed by atoms with Gasteiger partial charge in [0.25, 0.3) is 11.5 Å². The molecule has 1 saturated carbocycles. The number of carbonyl (C=O) groups is 1. The predicted molar refractivity (Wildman–Crippen MR) is 141 cm³/mol. The van der Waals surface area contributed by atoms with Crippen molar-refractivity contribution in [3.63, 3.8) is 0 Å². The van der Waals surface area contributed by atoms with E-state index in [4.69, 9.17) is 0 Å². The van der Waals surface area contributed by atoms with Gasteiger partial charge < -0.3 is 20.1 Å². The molecular formula is C27H38N6O2. The van der Waals surface area contributed by atoms with Gasteiger partial charge in [0.15, 0.2) is 0 Å². The molecule has 0 atom stereocenters. The van der Waals surface area contributed by atoms with Crippen molar-refractivity contribution in [2.45, 2.75) is 65.1 Å². The molecule has 4 rings (SSSR count). The van der Waals surface area contributed by atoms with Crippen molar-refractivity contribution < 1.29 is 4.79 Å². The topological polar surface area (TPSA) is 86.3 Å². The summed E-state index contributed by atoms with van der Waals surface area (Å²) in [6, 6.07) is 4.97. The van der Waals surface area contributed by atoms with Gasteiger partial charge >= 0.3 is 0 Å². The summed E-state index contributed by atoms with van der Waals surface area (Å²) in [5.41, 5.74) is 5.61. The Morgan fingerprint density at radius 2 is 1.77 bits per heavy atom. The highest BCUT2D eigenvalue weighted by atomic mass is 16.1. The van der Waals surface area contributed by atoms with E-state index in [0.717, 1.165) is 46.3 Å². The van der Waals surface area contributed by atoms with Crippen molar-refractivity contribution in [1.29, 1.82) is 0 Å². The van der Waals surface area contributed by atoms with E-state index in [2.05, 4.69) is 46.3 Å². The highest BCUT2D eigenvalue weighted by Gasteiger charge is 2.28. The molecule has 2 aromatic heterocycles. The molecule has 3 aromatic rings. The van der Waals surface area contributed by atoms with Crippen LogP contribution in [0, 0.1) is 20.8 Å². The number of aromatic amines is 1. The van der Waals surface area contributed by atoms with E-state index >= 15 is 0 Å². The summed E-state index contributed by atoms with van der Waals surface area (Å²) in [6.07, 6.45) is 6.47. The molecule has 1 aromatic carbocycles. The summed E-state index contributed by atoms with van der Waals surface area (Å²) in [6.45, 7) is 5.90. The molecule has 8 nitrogen and oxygen atoms in total. The van der Waals surface area contributed by atoms with Crippen molar-refractivity contribution in [1.82, 2.24) is 25.0 Å². The van der Waals surface area contributed by atoms with Crippen molar-refractivity contribution in [2.24, 2.45) is 7.05 Å². The van der Waals surface area contributed by atoms with Gasteiger partial charge in [-0.15, -0.1) is 0 Å². The lowest BCUT2D eigenvalue weighted by Crippen LogP contribution is -2.40. The Bertz CT molecular complexity index is 1300. The number of amides is 1. The number of fused-ring (bicyclic) bond motifs is 1. The number of nitrogens with one attached hydrogen (secondary N) is 2. The van der Waals surface area contributed by atoms with Crippen LogP contribution in [0.2, 0.25) is 0 Å². The normalized spacial score (nSPS) is 18.3. The molecule has 1 aliphatic rings. The van der Waals surface area contributed by atoms with Crippen molar-refractivity contribution in [3.05, 3.63) is 56.6 Å². The molecule has 0 unspecified atom stereocenters. The number of pyridine rings is 1. The number of rotatable bonds is 6. The second-order valence-electron chi connectivity index (χ2n) is 10.3. The zero-order valence-corrected chi connectivity index (χ0v) is 22.0. The molecule has 8 heteroatoms. The van der Waals surface area contributed by atoms with Crippen LogP contribution in [0.4, 0.5) is 5.69 Å². The van der Waals surface area contributed by atoms with Crippen LogP contribution in [0.25, 0.3) is 10.9 Å². The van der Waals surface area contributed by atoms with Crippen LogP contribution in [0.5, 0.6) is 0 Å². The summed E-state index contributed by atoms with van der Waals surface area (Å²) >= 11 is 0. The lowest BCUT2D eigenvalue weighted by atomic mass is 9.89. The van der Waals surface area contributed by atoms with Crippen molar-refractivity contribution >= 4 is 22.5 Å². The van der Waals surface area contributed by atoms with E-state index in [9.17, 15) is 9.59 Å². The summed E-state index contributed by atoms with van der Waals surface area (Å²) in [4.78, 5) is 33.3. The first kappa shape index (κ1) is 25.0. The molecule has 2 N–H and O–H groups in total. The molecule has 0 spiro atoms. The molecule has 35 heavy (non-hydrogen) atoms. The number of anilines is 1. The van der Waals surface area contributed by atoms with Gasteiger partial charge in [-0.25, -0.2) is 0 Å². The highest BCUT2D eigenvalue weighted by molar-refractivity contribution is 6.05. The number of nitrogens with zero attached hydrogens (tertiary/aromatic N) is 4. The van der Waals surface area contributed by atoms with Gasteiger partial charge in [-0.3, -0.25) is 14.3 Å². The van der Waals surface area contributed by atoms with Gasteiger partial charge in [0.2, 0.25) is 0 Å². The van der Waals surface area contributed by atoms with E-state index in [1.54, 1.807) is 0 Å². The Labute approximate surface area is 207 Å².